The van der Waals surface area contributed by atoms with Gasteiger partial charge in [0.25, 0.3) is 10.0 Å². The molecule has 20 heavy (non-hydrogen) atoms. The zero-order chi connectivity index (χ0) is 14.8. The van der Waals surface area contributed by atoms with E-state index >= 15 is 0 Å². The third-order valence-corrected chi connectivity index (χ3v) is 6.01. The monoisotopic (exact) mass is 330 g/mol. The second kappa shape index (κ2) is 6.13. The number of benzene rings is 1. The van der Waals surface area contributed by atoms with Crippen molar-refractivity contribution in [2.24, 2.45) is 0 Å². The lowest BCUT2D eigenvalue weighted by molar-refractivity contribution is 0.603. The first-order valence-corrected chi connectivity index (χ1v) is 8.65. The van der Waals surface area contributed by atoms with Crippen molar-refractivity contribution >= 4 is 38.6 Å². The molecule has 0 aliphatic heterocycles. The van der Waals surface area contributed by atoms with Crippen molar-refractivity contribution in [2.75, 3.05) is 11.8 Å². The van der Waals surface area contributed by atoms with Crippen LogP contribution in [0, 0.1) is 0 Å². The summed E-state index contributed by atoms with van der Waals surface area (Å²) in [7, 11) is -1.69. The molecule has 7 heteroatoms. The second-order valence-corrected chi connectivity index (χ2v) is 7.92. The molecule has 4 nitrogen and oxygen atoms in total. The average Bonchev–Trinajstić information content (AvgIpc) is 2.86. The summed E-state index contributed by atoms with van der Waals surface area (Å²) in [5.41, 5.74) is 1.62. The van der Waals surface area contributed by atoms with E-state index in [-0.39, 0.29) is 10.3 Å². The number of nitrogens with one attached hydrogen (secondary N) is 2. The van der Waals surface area contributed by atoms with Crippen LogP contribution in [0.5, 0.6) is 0 Å². The van der Waals surface area contributed by atoms with Crippen molar-refractivity contribution in [3.63, 3.8) is 0 Å². The molecule has 1 unspecified atom stereocenters. The van der Waals surface area contributed by atoms with Gasteiger partial charge in [-0.15, -0.1) is 11.3 Å². The molecule has 1 aromatic heterocycles. The summed E-state index contributed by atoms with van der Waals surface area (Å²) in [5, 5.41) is 3.13. The molecule has 0 spiro atoms. The Balaban J connectivity index is 2.18. The van der Waals surface area contributed by atoms with Gasteiger partial charge in [-0.3, -0.25) is 4.72 Å². The topological polar surface area (TPSA) is 58.2 Å². The van der Waals surface area contributed by atoms with Crippen LogP contribution in [0.25, 0.3) is 0 Å². The Labute approximate surface area is 127 Å². The molecular weight excluding hydrogens is 316 g/mol. The van der Waals surface area contributed by atoms with Gasteiger partial charge in [-0.25, -0.2) is 8.42 Å². The van der Waals surface area contributed by atoms with Gasteiger partial charge in [0, 0.05) is 11.7 Å². The van der Waals surface area contributed by atoms with Gasteiger partial charge in [-0.2, -0.15) is 0 Å². The van der Waals surface area contributed by atoms with E-state index < -0.39 is 10.0 Å². The van der Waals surface area contributed by atoms with Gasteiger partial charge in [0.1, 0.15) is 4.21 Å². The van der Waals surface area contributed by atoms with Crippen LogP contribution in [0.15, 0.2) is 40.6 Å². The molecule has 1 atom stereocenters. The van der Waals surface area contributed by atoms with Gasteiger partial charge in [-0.05, 0) is 43.8 Å². The Hall–Kier alpha value is -1.08. The molecular formula is C13H15ClN2O2S2. The lowest BCUT2D eigenvalue weighted by atomic mass is 10.1. The fraction of sp³-hybridized carbons (Fsp3) is 0.231. The molecule has 0 aliphatic carbocycles. The maximum Gasteiger partial charge on any atom is 0.271 e. The molecule has 0 bridgehead atoms. The minimum absolute atomic E-state index is 0.204. The van der Waals surface area contributed by atoms with Crippen molar-refractivity contribution in [1.29, 1.82) is 0 Å². The minimum atomic E-state index is -3.56. The van der Waals surface area contributed by atoms with Gasteiger partial charge in [0.2, 0.25) is 0 Å². The fourth-order valence-corrected chi connectivity index (χ4v) is 4.20. The van der Waals surface area contributed by atoms with Crippen LogP contribution in [0.4, 0.5) is 5.69 Å². The van der Waals surface area contributed by atoms with E-state index in [1.165, 1.54) is 6.07 Å². The van der Waals surface area contributed by atoms with Crippen molar-refractivity contribution in [3.8, 4) is 0 Å². The minimum Gasteiger partial charge on any atom is -0.313 e. The molecule has 0 radical (unpaired) electrons. The van der Waals surface area contributed by atoms with Crippen LogP contribution < -0.4 is 10.0 Å². The van der Waals surface area contributed by atoms with Crippen LogP contribution in [-0.2, 0) is 10.0 Å². The number of halogens is 1. The lowest BCUT2D eigenvalue weighted by Gasteiger charge is -2.12. The predicted octanol–water partition coefficient (Wildman–Crippen LogP) is 3.48. The molecule has 0 amide bonds. The first-order valence-electron chi connectivity index (χ1n) is 5.98. The van der Waals surface area contributed by atoms with E-state index in [0.29, 0.717) is 10.0 Å². The maximum atomic E-state index is 12.1. The predicted molar refractivity (Wildman–Crippen MR) is 84.1 cm³/mol. The summed E-state index contributed by atoms with van der Waals surface area (Å²) in [6.07, 6.45) is 0. The molecule has 1 aromatic carbocycles. The van der Waals surface area contributed by atoms with Crippen LogP contribution in [0.3, 0.4) is 0 Å². The molecule has 0 fully saturated rings. The Morgan fingerprint density at radius 2 is 1.80 bits per heavy atom. The summed E-state index contributed by atoms with van der Waals surface area (Å²) in [6.45, 7) is 2.03. The van der Waals surface area contributed by atoms with E-state index in [4.69, 9.17) is 11.6 Å². The lowest BCUT2D eigenvalue weighted by Crippen LogP contribution is -2.13. The normalized spacial score (nSPS) is 13.2. The summed E-state index contributed by atoms with van der Waals surface area (Å²) in [4.78, 5) is 0. The van der Waals surface area contributed by atoms with Gasteiger partial charge >= 0.3 is 0 Å². The van der Waals surface area contributed by atoms with Gasteiger partial charge in [0.05, 0.1) is 4.34 Å². The Morgan fingerprint density at radius 1 is 1.15 bits per heavy atom. The van der Waals surface area contributed by atoms with E-state index in [1.54, 1.807) is 18.2 Å². The van der Waals surface area contributed by atoms with E-state index in [0.717, 1.165) is 16.9 Å². The highest BCUT2D eigenvalue weighted by Gasteiger charge is 2.16. The Kier molecular flexibility index (Phi) is 4.70. The maximum absolute atomic E-state index is 12.1. The fourth-order valence-electron chi connectivity index (χ4n) is 1.65. The first-order chi connectivity index (χ1) is 9.42. The average molecular weight is 331 g/mol. The zero-order valence-electron chi connectivity index (χ0n) is 11.1. The largest absolute Gasteiger partial charge is 0.313 e. The van der Waals surface area contributed by atoms with Crippen LogP contribution in [-0.4, -0.2) is 15.5 Å². The van der Waals surface area contributed by atoms with Gasteiger partial charge in [-0.1, -0.05) is 23.7 Å². The summed E-state index contributed by atoms with van der Waals surface area (Å²) >= 11 is 6.79. The van der Waals surface area contributed by atoms with Crippen LogP contribution >= 0.6 is 22.9 Å². The summed E-state index contributed by atoms with van der Waals surface area (Å²) in [6, 6.07) is 10.6. The standard InChI is InChI=1S/C13H15ClN2O2S2/c1-9(15-2)10-3-5-11(6-4-10)16-20(17,18)13-8-7-12(14)19-13/h3-9,15-16H,1-2H3. The summed E-state index contributed by atoms with van der Waals surface area (Å²) in [5.74, 6) is 0. The number of rotatable bonds is 5. The van der Waals surface area contributed by atoms with E-state index in [1.807, 2.05) is 26.1 Å². The quantitative estimate of drug-likeness (QED) is 0.882. The van der Waals surface area contributed by atoms with Crippen molar-refractivity contribution in [3.05, 3.63) is 46.3 Å². The van der Waals surface area contributed by atoms with Crippen molar-refractivity contribution in [1.82, 2.24) is 5.32 Å². The molecule has 2 rings (SSSR count). The van der Waals surface area contributed by atoms with Crippen molar-refractivity contribution in [2.45, 2.75) is 17.2 Å². The molecule has 0 saturated heterocycles. The highest BCUT2D eigenvalue weighted by molar-refractivity contribution is 7.94. The Morgan fingerprint density at radius 3 is 2.30 bits per heavy atom. The van der Waals surface area contributed by atoms with E-state index in [9.17, 15) is 8.42 Å². The molecule has 2 N–H and O–H groups in total. The third kappa shape index (κ3) is 3.52. The summed E-state index contributed by atoms with van der Waals surface area (Å²) < 4.78 is 27.4. The molecule has 2 aromatic rings. The number of thiophene rings is 1. The van der Waals surface area contributed by atoms with Gasteiger partial charge in [0.15, 0.2) is 0 Å². The highest BCUT2D eigenvalue weighted by atomic mass is 35.5. The molecule has 108 valence electrons. The van der Waals surface area contributed by atoms with Gasteiger partial charge < -0.3 is 5.32 Å². The first kappa shape index (κ1) is 15.3. The number of sulfonamides is 1. The highest BCUT2D eigenvalue weighted by Crippen LogP contribution is 2.27. The van der Waals surface area contributed by atoms with E-state index in [2.05, 4.69) is 10.0 Å². The molecule has 0 aliphatic rings. The number of hydrogen-bond donors (Lipinski definition) is 2. The second-order valence-electron chi connectivity index (χ2n) is 4.30. The Bertz CT molecular complexity index is 681. The van der Waals surface area contributed by atoms with Crippen LogP contribution in [0.2, 0.25) is 4.34 Å². The molecule has 1 heterocycles. The zero-order valence-corrected chi connectivity index (χ0v) is 13.4. The van der Waals surface area contributed by atoms with Crippen LogP contribution in [0.1, 0.15) is 18.5 Å². The van der Waals surface area contributed by atoms with Crippen molar-refractivity contribution < 1.29 is 8.42 Å². The third-order valence-electron chi connectivity index (χ3n) is 2.91. The number of anilines is 1. The smallest absolute Gasteiger partial charge is 0.271 e. The number of hydrogen-bond acceptors (Lipinski definition) is 4. The SMILES string of the molecule is CNC(C)c1ccc(NS(=O)(=O)c2ccc(Cl)s2)cc1. The molecule has 0 saturated carbocycles.